The summed E-state index contributed by atoms with van der Waals surface area (Å²) in [5, 5.41) is 11.2. The molecule has 0 spiro atoms. The van der Waals surface area contributed by atoms with E-state index in [9.17, 15) is 9.18 Å². The lowest BCUT2D eigenvalue weighted by atomic mass is 9.97. The maximum Gasteiger partial charge on any atom is 0.229 e. The van der Waals surface area contributed by atoms with Crippen LogP contribution in [0.15, 0.2) is 59.2 Å². The Bertz CT molecular complexity index is 912. The molecule has 3 heterocycles. The molecule has 1 N–H and O–H groups in total. The number of nitrogens with zero attached hydrogens (tertiary/aromatic N) is 3. The van der Waals surface area contributed by atoms with E-state index in [2.05, 4.69) is 15.5 Å². The molecule has 7 heteroatoms. The molecule has 1 fully saturated rings. The van der Waals surface area contributed by atoms with Crippen molar-refractivity contribution < 1.29 is 13.6 Å². The van der Waals surface area contributed by atoms with Crippen molar-refractivity contribution in [2.75, 3.05) is 23.3 Å². The van der Waals surface area contributed by atoms with Crippen LogP contribution in [0.3, 0.4) is 0 Å². The lowest BCUT2D eigenvalue weighted by molar-refractivity contribution is -0.120. The number of benzene rings is 1. The van der Waals surface area contributed by atoms with Crippen LogP contribution in [0.1, 0.15) is 12.8 Å². The Labute approximate surface area is 156 Å². The van der Waals surface area contributed by atoms with Crippen molar-refractivity contribution in [2.45, 2.75) is 12.8 Å². The Morgan fingerprint density at radius 3 is 2.78 bits per heavy atom. The Morgan fingerprint density at radius 2 is 2.04 bits per heavy atom. The van der Waals surface area contributed by atoms with Crippen molar-refractivity contribution in [3.8, 4) is 11.5 Å². The molecule has 6 nitrogen and oxygen atoms in total. The molecule has 1 aromatic carbocycles. The lowest BCUT2D eigenvalue weighted by Gasteiger charge is -2.32. The maximum atomic E-state index is 13.8. The van der Waals surface area contributed by atoms with Crippen LogP contribution in [0.4, 0.5) is 15.9 Å². The zero-order valence-corrected chi connectivity index (χ0v) is 14.6. The third-order valence-electron chi connectivity index (χ3n) is 4.67. The summed E-state index contributed by atoms with van der Waals surface area (Å²) >= 11 is 0. The number of furan rings is 1. The molecule has 1 amide bonds. The molecule has 1 atom stereocenters. The Hall–Kier alpha value is -3.22. The van der Waals surface area contributed by atoms with E-state index in [0.29, 0.717) is 23.8 Å². The van der Waals surface area contributed by atoms with Gasteiger partial charge in [-0.05, 0) is 49.2 Å². The van der Waals surface area contributed by atoms with Crippen molar-refractivity contribution in [2.24, 2.45) is 5.92 Å². The molecule has 0 aliphatic carbocycles. The van der Waals surface area contributed by atoms with Crippen molar-refractivity contribution in [1.29, 1.82) is 0 Å². The minimum Gasteiger partial charge on any atom is -0.463 e. The van der Waals surface area contributed by atoms with Crippen molar-refractivity contribution in [1.82, 2.24) is 10.2 Å². The average Bonchev–Trinajstić information content (AvgIpc) is 3.25. The quantitative estimate of drug-likeness (QED) is 0.762. The first-order valence-electron chi connectivity index (χ1n) is 8.88. The first-order valence-corrected chi connectivity index (χ1v) is 8.88. The minimum atomic E-state index is -0.433. The monoisotopic (exact) mass is 366 g/mol. The fourth-order valence-electron chi connectivity index (χ4n) is 3.25. The Kier molecular flexibility index (Phi) is 4.82. The van der Waals surface area contributed by atoms with E-state index < -0.39 is 5.82 Å². The summed E-state index contributed by atoms with van der Waals surface area (Å²) in [6.07, 6.45) is 3.21. The van der Waals surface area contributed by atoms with Crippen molar-refractivity contribution >= 4 is 17.4 Å². The highest BCUT2D eigenvalue weighted by molar-refractivity contribution is 5.93. The number of piperidine rings is 1. The fourth-order valence-corrected chi connectivity index (χ4v) is 3.25. The molecular formula is C20H19FN4O2. The highest BCUT2D eigenvalue weighted by Gasteiger charge is 2.27. The number of aromatic nitrogens is 2. The second-order valence-corrected chi connectivity index (χ2v) is 6.51. The summed E-state index contributed by atoms with van der Waals surface area (Å²) in [5.41, 5.74) is 0.872. The largest absolute Gasteiger partial charge is 0.463 e. The van der Waals surface area contributed by atoms with E-state index in [1.165, 1.54) is 6.07 Å². The van der Waals surface area contributed by atoms with Crippen molar-refractivity contribution in [3.63, 3.8) is 0 Å². The predicted octanol–water partition coefficient (Wildman–Crippen LogP) is 3.73. The second-order valence-electron chi connectivity index (χ2n) is 6.51. The molecule has 0 radical (unpaired) electrons. The van der Waals surface area contributed by atoms with Gasteiger partial charge >= 0.3 is 0 Å². The summed E-state index contributed by atoms with van der Waals surface area (Å²) in [5.74, 6) is 0.538. The van der Waals surface area contributed by atoms with E-state index in [1.54, 1.807) is 30.5 Å². The van der Waals surface area contributed by atoms with Gasteiger partial charge in [0.05, 0.1) is 17.9 Å². The summed E-state index contributed by atoms with van der Waals surface area (Å²) in [6, 6.07) is 13.5. The number of halogens is 1. The molecule has 27 heavy (non-hydrogen) atoms. The first kappa shape index (κ1) is 17.2. The molecule has 4 rings (SSSR count). The lowest BCUT2D eigenvalue weighted by Crippen LogP contribution is -2.41. The van der Waals surface area contributed by atoms with Crippen LogP contribution < -0.4 is 10.2 Å². The summed E-state index contributed by atoms with van der Waals surface area (Å²) < 4.78 is 19.1. The number of hydrogen-bond acceptors (Lipinski definition) is 5. The number of anilines is 2. The number of para-hydroxylation sites is 1. The zero-order chi connectivity index (χ0) is 18.6. The van der Waals surface area contributed by atoms with Crippen LogP contribution >= 0.6 is 0 Å². The minimum absolute atomic E-state index is 0.176. The average molecular weight is 366 g/mol. The summed E-state index contributed by atoms with van der Waals surface area (Å²) in [4.78, 5) is 14.6. The molecule has 1 saturated heterocycles. The highest BCUT2D eigenvalue weighted by Crippen LogP contribution is 2.25. The van der Waals surface area contributed by atoms with Crippen LogP contribution in [0.2, 0.25) is 0 Å². The van der Waals surface area contributed by atoms with Gasteiger partial charge in [-0.3, -0.25) is 4.79 Å². The smallest absolute Gasteiger partial charge is 0.229 e. The topological polar surface area (TPSA) is 71.3 Å². The van der Waals surface area contributed by atoms with Gasteiger partial charge in [-0.15, -0.1) is 10.2 Å². The molecule has 0 bridgehead atoms. The zero-order valence-electron chi connectivity index (χ0n) is 14.6. The van der Waals surface area contributed by atoms with Gasteiger partial charge in [0, 0.05) is 13.1 Å². The molecule has 3 aromatic rings. The number of nitrogens with one attached hydrogen (secondary N) is 1. The van der Waals surface area contributed by atoms with E-state index in [0.717, 1.165) is 19.4 Å². The van der Waals surface area contributed by atoms with E-state index in [-0.39, 0.29) is 17.5 Å². The van der Waals surface area contributed by atoms with Crippen molar-refractivity contribution in [3.05, 3.63) is 60.6 Å². The van der Waals surface area contributed by atoms with Gasteiger partial charge in [0.1, 0.15) is 11.5 Å². The van der Waals surface area contributed by atoms with Gasteiger partial charge < -0.3 is 14.6 Å². The van der Waals surface area contributed by atoms with Gasteiger partial charge in [0.15, 0.2) is 11.6 Å². The van der Waals surface area contributed by atoms with E-state index in [1.807, 2.05) is 23.1 Å². The normalized spacial score (nSPS) is 16.9. The molecule has 1 unspecified atom stereocenters. The molecule has 2 aromatic heterocycles. The van der Waals surface area contributed by atoms with Crippen LogP contribution in [0.5, 0.6) is 0 Å². The van der Waals surface area contributed by atoms with E-state index in [4.69, 9.17) is 4.42 Å². The molecule has 1 aliphatic heterocycles. The standard InChI is InChI=1S/C20H19FN4O2/c21-15-6-1-2-7-16(15)22-20(26)14-5-3-11-25(13-14)19-10-9-17(23-24-19)18-8-4-12-27-18/h1-2,4,6-10,12,14H,3,5,11,13H2,(H,22,26). The second kappa shape index (κ2) is 7.57. The van der Waals surface area contributed by atoms with Gasteiger partial charge in [-0.25, -0.2) is 4.39 Å². The first-order chi connectivity index (χ1) is 13.2. The molecule has 1 aliphatic rings. The number of hydrogen-bond donors (Lipinski definition) is 1. The van der Waals surface area contributed by atoms with Gasteiger partial charge in [0.2, 0.25) is 5.91 Å². The molecule has 0 saturated carbocycles. The molecule has 138 valence electrons. The Morgan fingerprint density at radius 1 is 1.15 bits per heavy atom. The SMILES string of the molecule is O=C(Nc1ccccc1F)C1CCCN(c2ccc(-c3ccco3)nn2)C1. The number of amides is 1. The van der Waals surface area contributed by atoms with Gasteiger partial charge in [0.25, 0.3) is 0 Å². The number of rotatable bonds is 4. The third-order valence-corrected chi connectivity index (χ3v) is 4.67. The van der Waals surface area contributed by atoms with Gasteiger partial charge in [-0.2, -0.15) is 0 Å². The third kappa shape index (κ3) is 3.81. The van der Waals surface area contributed by atoms with Crippen LogP contribution in [-0.2, 0) is 4.79 Å². The summed E-state index contributed by atoms with van der Waals surface area (Å²) in [6.45, 7) is 1.33. The predicted molar refractivity (Wildman–Crippen MR) is 99.7 cm³/mol. The van der Waals surface area contributed by atoms with Crippen LogP contribution in [0, 0.1) is 11.7 Å². The van der Waals surface area contributed by atoms with Crippen LogP contribution in [0.25, 0.3) is 11.5 Å². The number of carbonyl (C=O) groups excluding carboxylic acids is 1. The van der Waals surface area contributed by atoms with Crippen LogP contribution in [-0.4, -0.2) is 29.2 Å². The summed E-state index contributed by atoms with van der Waals surface area (Å²) in [7, 11) is 0. The number of carbonyl (C=O) groups is 1. The Balaban J connectivity index is 1.43. The van der Waals surface area contributed by atoms with E-state index >= 15 is 0 Å². The maximum absolute atomic E-state index is 13.8. The molecular weight excluding hydrogens is 347 g/mol. The highest BCUT2D eigenvalue weighted by atomic mass is 19.1. The van der Waals surface area contributed by atoms with Gasteiger partial charge in [-0.1, -0.05) is 12.1 Å². The fraction of sp³-hybridized carbons (Fsp3) is 0.250.